The molecule has 0 aromatic carbocycles. The van der Waals surface area contributed by atoms with Crippen LogP contribution in [0, 0.1) is 0 Å². The zero-order valence-corrected chi connectivity index (χ0v) is 12.2. The van der Waals surface area contributed by atoms with Crippen LogP contribution in [0.1, 0.15) is 48.9 Å². The Hall–Kier alpha value is -1.89. The Balaban J connectivity index is 2.07. The number of hydrogen-bond donors (Lipinski definition) is 1. The van der Waals surface area contributed by atoms with E-state index in [-0.39, 0.29) is 30.7 Å². The summed E-state index contributed by atoms with van der Waals surface area (Å²) >= 11 is 0. The van der Waals surface area contributed by atoms with E-state index < -0.39 is 12.1 Å². The molecule has 0 aliphatic carbocycles. The topological polar surface area (TPSA) is 92.9 Å². The van der Waals surface area contributed by atoms with Gasteiger partial charge in [0.15, 0.2) is 6.10 Å². The van der Waals surface area contributed by atoms with Gasteiger partial charge in [-0.2, -0.15) is 0 Å². The van der Waals surface area contributed by atoms with Gasteiger partial charge in [-0.3, -0.25) is 4.79 Å². The van der Waals surface area contributed by atoms with Gasteiger partial charge in [0, 0.05) is 18.5 Å². The second-order valence-corrected chi connectivity index (χ2v) is 5.08. The SMILES string of the molecule is CCC(CC)c1cc(C(=O)N2CCOC(C(=O)O)C2)on1. The van der Waals surface area contributed by atoms with Crippen molar-refractivity contribution in [2.45, 2.75) is 38.7 Å². The Bertz CT molecular complexity index is 509. The third-order valence-corrected chi connectivity index (χ3v) is 3.77. The highest BCUT2D eigenvalue weighted by atomic mass is 16.5. The third kappa shape index (κ3) is 3.41. The first kappa shape index (κ1) is 15.5. The third-order valence-electron chi connectivity index (χ3n) is 3.77. The standard InChI is InChI=1S/C14H20N2O5/c1-3-9(4-2)10-7-11(21-15-10)13(17)16-5-6-20-12(8-16)14(18)19/h7,9,12H,3-6,8H2,1-2H3,(H,18,19). The molecule has 0 spiro atoms. The molecule has 1 aliphatic rings. The molecule has 1 N–H and O–H groups in total. The van der Waals surface area contributed by atoms with Crippen LogP contribution in [0.15, 0.2) is 10.6 Å². The van der Waals surface area contributed by atoms with E-state index in [4.69, 9.17) is 14.4 Å². The Morgan fingerprint density at radius 1 is 1.48 bits per heavy atom. The van der Waals surface area contributed by atoms with Crippen molar-refractivity contribution in [3.05, 3.63) is 17.5 Å². The van der Waals surface area contributed by atoms with Gasteiger partial charge in [0.05, 0.1) is 18.8 Å². The number of amides is 1. The number of carbonyl (C=O) groups is 2. The van der Waals surface area contributed by atoms with Crippen molar-refractivity contribution in [2.75, 3.05) is 19.7 Å². The molecule has 1 saturated heterocycles. The van der Waals surface area contributed by atoms with Crippen molar-refractivity contribution >= 4 is 11.9 Å². The average Bonchev–Trinajstić information content (AvgIpc) is 2.97. The highest BCUT2D eigenvalue weighted by Crippen LogP contribution is 2.23. The van der Waals surface area contributed by atoms with Crippen LogP contribution in [0.25, 0.3) is 0 Å². The maximum absolute atomic E-state index is 12.3. The average molecular weight is 296 g/mol. The van der Waals surface area contributed by atoms with Crippen LogP contribution in [-0.2, 0) is 9.53 Å². The van der Waals surface area contributed by atoms with Crippen LogP contribution in [0.2, 0.25) is 0 Å². The summed E-state index contributed by atoms with van der Waals surface area (Å²) in [6, 6.07) is 1.66. The molecular weight excluding hydrogens is 276 g/mol. The van der Waals surface area contributed by atoms with Gasteiger partial charge in [-0.1, -0.05) is 19.0 Å². The monoisotopic (exact) mass is 296 g/mol. The molecule has 7 heteroatoms. The minimum atomic E-state index is -1.07. The fourth-order valence-corrected chi connectivity index (χ4v) is 2.43. The first-order valence-corrected chi connectivity index (χ1v) is 7.17. The Morgan fingerprint density at radius 2 is 2.19 bits per heavy atom. The zero-order chi connectivity index (χ0) is 15.4. The summed E-state index contributed by atoms with van der Waals surface area (Å²) in [5.41, 5.74) is 0.770. The van der Waals surface area contributed by atoms with Crippen molar-refractivity contribution in [1.29, 1.82) is 0 Å². The molecular formula is C14H20N2O5. The molecule has 1 atom stereocenters. The summed E-state index contributed by atoms with van der Waals surface area (Å²) in [5.74, 6) is -0.980. The Labute approximate surface area is 122 Å². The summed E-state index contributed by atoms with van der Waals surface area (Å²) < 4.78 is 10.2. The minimum Gasteiger partial charge on any atom is -0.479 e. The highest BCUT2D eigenvalue weighted by molar-refractivity contribution is 5.92. The first-order chi connectivity index (χ1) is 10.1. The molecule has 1 aliphatic heterocycles. The van der Waals surface area contributed by atoms with Crippen LogP contribution in [0.5, 0.6) is 0 Å². The summed E-state index contributed by atoms with van der Waals surface area (Å²) in [4.78, 5) is 24.7. The van der Waals surface area contributed by atoms with E-state index in [0.29, 0.717) is 6.54 Å². The molecule has 7 nitrogen and oxygen atoms in total. The second-order valence-electron chi connectivity index (χ2n) is 5.08. The molecule has 1 aromatic rings. The van der Waals surface area contributed by atoms with E-state index in [2.05, 4.69) is 19.0 Å². The number of morpholine rings is 1. The summed E-state index contributed by atoms with van der Waals surface area (Å²) in [6.07, 6.45) is 0.870. The lowest BCUT2D eigenvalue weighted by atomic mass is 9.99. The number of carboxylic acids is 1. The van der Waals surface area contributed by atoms with E-state index in [1.54, 1.807) is 6.07 Å². The largest absolute Gasteiger partial charge is 0.479 e. The summed E-state index contributed by atoms with van der Waals surface area (Å²) in [7, 11) is 0. The lowest BCUT2D eigenvalue weighted by Crippen LogP contribution is -2.48. The van der Waals surface area contributed by atoms with Gasteiger partial charge in [-0.05, 0) is 12.8 Å². The Kier molecular flexibility index (Phi) is 4.95. The molecule has 1 aromatic heterocycles. The molecule has 1 fully saturated rings. The Morgan fingerprint density at radius 3 is 2.81 bits per heavy atom. The van der Waals surface area contributed by atoms with Gasteiger partial charge in [0.1, 0.15) is 0 Å². The molecule has 2 heterocycles. The number of aliphatic carboxylic acids is 1. The molecule has 0 bridgehead atoms. The van der Waals surface area contributed by atoms with Crippen LogP contribution in [0.4, 0.5) is 0 Å². The molecule has 2 rings (SSSR count). The molecule has 21 heavy (non-hydrogen) atoms. The maximum atomic E-state index is 12.3. The van der Waals surface area contributed by atoms with Crippen LogP contribution in [-0.4, -0.2) is 52.8 Å². The number of nitrogens with zero attached hydrogens (tertiary/aromatic N) is 2. The van der Waals surface area contributed by atoms with E-state index in [1.807, 2.05) is 0 Å². The van der Waals surface area contributed by atoms with Crippen molar-refractivity contribution in [3.8, 4) is 0 Å². The quantitative estimate of drug-likeness (QED) is 0.885. The lowest BCUT2D eigenvalue weighted by Gasteiger charge is -2.29. The number of rotatable bonds is 5. The molecule has 0 radical (unpaired) electrons. The highest BCUT2D eigenvalue weighted by Gasteiger charge is 2.31. The fourth-order valence-electron chi connectivity index (χ4n) is 2.43. The summed E-state index contributed by atoms with van der Waals surface area (Å²) in [5, 5.41) is 12.9. The van der Waals surface area contributed by atoms with Gasteiger partial charge in [-0.15, -0.1) is 0 Å². The van der Waals surface area contributed by atoms with E-state index in [9.17, 15) is 9.59 Å². The number of ether oxygens (including phenoxy) is 1. The van der Waals surface area contributed by atoms with Gasteiger partial charge in [0.2, 0.25) is 5.76 Å². The van der Waals surface area contributed by atoms with Gasteiger partial charge in [0.25, 0.3) is 5.91 Å². The number of aromatic nitrogens is 1. The van der Waals surface area contributed by atoms with Crippen LogP contribution < -0.4 is 0 Å². The zero-order valence-electron chi connectivity index (χ0n) is 12.2. The van der Waals surface area contributed by atoms with Gasteiger partial charge in [-0.25, -0.2) is 4.79 Å². The van der Waals surface area contributed by atoms with Crippen molar-refractivity contribution in [1.82, 2.24) is 10.1 Å². The van der Waals surface area contributed by atoms with Crippen LogP contribution in [0.3, 0.4) is 0 Å². The molecule has 1 amide bonds. The predicted molar refractivity (Wildman–Crippen MR) is 73.1 cm³/mol. The second kappa shape index (κ2) is 6.71. The van der Waals surface area contributed by atoms with Crippen molar-refractivity contribution in [3.63, 3.8) is 0 Å². The van der Waals surface area contributed by atoms with E-state index >= 15 is 0 Å². The maximum Gasteiger partial charge on any atom is 0.334 e. The lowest BCUT2D eigenvalue weighted by molar-refractivity contribution is -0.154. The molecule has 0 saturated carbocycles. The number of carbonyl (C=O) groups excluding carboxylic acids is 1. The minimum absolute atomic E-state index is 0.0230. The van der Waals surface area contributed by atoms with E-state index in [0.717, 1.165) is 18.5 Å². The fraction of sp³-hybridized carbons (Fsp3) is 0.643. The summed E-state index contributed by atoms with van der Waals surface area (Å²) in [6.45, 7) is 4.70. The normalized spacial score (nSPS) is 19.0. The van der Waals surface area contributed by atoms with Crippen LogP contribution >= 0.6 is 0 Å². The van der Waals surface area contributed by atoms with Crippen molar-refractivity contribution in [2.24, 2.45) is 0 Å². The molecule has 116 valence electrons. The smallest absolute Gasteiger partial charge is 0.334 e. The molecule has 1 unspecified atom stereocenters. The van der Waals surface area contributed by atoms with E-state index in [1.165, 1.54) is 4.90 Å². The predicted octanol–water partition coefficient (Wildman–Crippen LogP) is 1.50. The van der Waals surface area contributed by atoms with Crippen molar-refractivity contribution < 1.29 is 24.0 Å². The number of hydrogen-bond acceptors (Lipinski definition) is 5. The first-order valence-electron chi connectivity index (χ1n) is 7.17. The van der Waals surface area contributed by atoms with Gasteiger partial charge >= 0.3 is 5.97 Å². The number of carboxylic acid groups (broad SMARTS) is 1. The van der Waals surface area contributed by atoms with Gasteiger partial charge < -0.3 is 19.3 Å².